The number of carbonyl (C=O) groups excluding carboxylic acids is 2. The first-order valence-electron chi connectivity index (χ1n) is 9.83. The van der Waals surface area contributed by atoms with Gasteiger partial charge in [-0.25, -0.2) is 4.68 Å². The molecule has 0 unspecified atom stereocenters. The van der Waals surface area contributed by atoms with Crippen molar-refractivity contribution in [1.82, 2.24) is 9.78 Å². The van der Waals surface area contributed by atoms with E-state index in [0.29, 0.717) is 5.69 Å². The first-order valence-corrected chi connectivity index (χ1v) is 10.6. The molecule has 1 aliphatic carbocycles. The highest BCUT2D eigenvalue weighted by atomic mass is 35.5. The lowest BCUT2D eigenvalue weighted by Crippen LogP contribution is -2.24. The number of carbonyl (C=O) groups is 2. The van der Waals surface area contributed by atoms with Crippen molar-refractivity contribution in [3.63, 3.8) is 0 Å². The number of ether oxygens (including phenoxy) is 1. The van der Waals surface area contributed by atoms with E-state index in [1.54, 1.807) is 13.0 Å². The van der Waals surface area contributed by atoms with Gasteiger partial charge in [0, 0.05) is 11.6 Å². The van der Waals surface area contributed by atoms with Gasteiger partial charge in [0.2, 0.25) is 11.7 Å². The first kappa shape index (κ1) is 23.0. The summed E-state index contributed by atoms with van der Waals surface area (Å²) in [5.74, 6) is -1.24. The molecule has 1 saturated carbocycles. The highest BCUT2D eigenvalue weighted by molar-refractivity contribution is 6.45. The zero-order chi connectivity index (χ0) is 22.7. The van der Waals surface area contributed by atoms with E-state index in [-0.39, 0.29) is 39.5 Å². The van der Waals surface area contributed by atoms with Crippen LogP contribution in [0.4, 0.5) is 5.69 Å². The van der Waals surface area contributed by atoms with Crippen LogP contribution in [0.5, 0.6) is 5.88 Å². The highest BCUT2D eigenvalue weighted by Gasteiger charge is 2.31. The van der Waals surface area contributed by atoms with E-state index in [4.69, 9.17) is 27.9 Å². The molecule has 0 N–H and O–H groups in total. The van der Waals surface area contributed by atoms with Crippen molar-refractivity contribution in [3.05, 3.63) is 61.8 Å². The van der Waals surface area contributed by atoms with Crippen molar-refractivity contribution in [2.24, 2.45) is 5.92 Å². The van der Waals surface area contributed by atoms with Gasteiger partial charge in [0.05, 0.1) is 28.1 Å². The second-order valence-electron chi connectivity index (χ2n) is 7.34. The molecule has 31 heavy (non-hydrogen) atoms. The van der Waals surface area contributed by atoms with E-state index < -0.39 is 22.4 Å². The van der Waals surface area contributed by atoms with Crippen LogP contribution in [-0.2, 0) is 11.3 Å². The number of hydrogen-bond donors (Lipinski definition) is 0. The van der Waals surface area contributed by atoms with Crippen LogP contribution in [0.3, 0.4) is 0 Å². The number of allylic oxidation sites excluding steroid dienone is 1. The zero-order valence-electron chi connectivity index (χ0n) is 16.9. The lowest BCUT2D eigenvalue weighted by atomic mass is 9.89. The first-order chi connectivity index (χ1) is 14.8. The molecule has 0 aliphatic heterocycles. The van der Waals surface area contributed by atoms with Gasteiger partial charge < -0.3 is 4.74 Å². The second-order valence-corrected chi connectivity index (χ2v) is 8.09. The number of aryl methyl sites for hydroxylation is 1. The molecule has 0 spiro atoms. The third-order valence-electron chi connectivity index (χ3n) is 5.25. The normalized spacial score (nSPS) is 14.3. The average molecular weight is 466 g/mol. The smallest absolute Gasteiger partial charge is 0.315 e. The number of hydrogen-bond acceptors (Lipinski definition) is 6. The summed E-state index contributed by atoms with van der Waals surface area (Å²) in [6.45, 7) is 5.49. The van der Waals surface area contributed by atoms with Crippen LogP contribution in [0, 0.1) is 23.0 Å². The van der Waals surface area contributed by atoms with E-state index in [1.165, 1.54) is 10.7 Å². The Balaban J connectivity index is 2.03. The Morgan fingerprint density at radius 2 is 1.97 bits per heavy atom. The Hall–Kier alpha value is -2.71. The van der Waals surface area contributed by atoms with Gasteiger partial charge in [0.1, 0.15) is 10.6 Å². The molecule has 1 aromatic carbocycles. The number of halogens is 2. The van der Waals surface area contributed by atoms with Gasteiger partial charge in [-0.3, -0.25) is 19.7 Å². The third-order valence-corrected chi connectivity index (χ3v) is 6.12. The molecule has 3 rings (SSSR count). The molecule has 0 amide bonds. The maximum atomic E-state index is 13.3. The maximum absolute atomic E-state index is 13.3. The molecule has 164 valence electrons. The number of aromatic nitrogens is 2. The SMILES string of the molecule is C=CCn1nc(C)c(C(=O)c2ccc([N+](=O)[O-])c(Cl)c2Cl)c1OC(=O)C1CCCCC1. The number of nitro groups is 1. The average Bonchev–Trinajstić information content (AvgIpc) is 3.04. The maximum Gasteiger partial charge on any atom is 0.315 e. The summed E-state index contributed by atoms with van der Waals surface area (Å²) in [5.41, 5.74) is -0.0820. The van der Waals surface area contributed by atoms with Crippen LogP contribution in [0.1, 0.15) is 53.7 Å². The molecule has 1 fully saturated rings. The van der Waals surface area contributed by atoms with Gasteiger partial charge in [-0.2, -0.15) is 5.10 Å². The van der Waals surface area contributed by atoms with Crippen LogP contribution >= 0.6 is 23.2 Å². The summed E-state index contributed by atoms with van der Waals surface area (Å²) in [7, 11) is 0. The molecular weight excluding hydrogens is 445 g/mol. The molecule has 0 radical (unpaired) electrons. The van der Waals surface area contributed by atoms with Gasteiger partial charge >= 0.3 is 5.97 Å². The van der Waals surface area contributed by atoms with Crippen molar-refractivity contribution < 1.29 is 19.2 Å². The van der Waals surface area contributed by atoms with Gasteiger partial charge in [-0.15, -0.1) is 6.58 Å². The van der Waals surface area contributed by atoms with Gasteiger partial charge in [-0.05, 0) is 25.8 Å². The lowest BCUT2D eigenvalue weighted by Gasteiger charge is -2.20. The molecule has 1 heterocycles. The van der Waals surface area contributed by atoms with Crippen molar-refractivity contribution in [3.8, 4) is 5.88 Å². The summed E-state index contributed by atoms with van der Waals surface area (Å²) in [5, 5.41) is 14.8. The van der Waals surface area contributed by atoms with Crippen molar-refractivity contribution in [2.45, 2.75) is 45.6 Å². The molecular formula is C21H21Cl2N3O5. The predicted molar refractivity (Wildman–Crippen MR) is 116 cm³/mol. The van der Waals surface area contributed by atoms with Crippen LogP contribution in [0.2, 0.25) is 10.0 Å². The van der Waals surface area contributed by atoms with Crippen molar-refractivity contribution in [2.75, 3.05) is 0 Å². The zero-order valence-corrected chi connectivity index (χ0v) is 18.4. The number of rotatable bonds is 7. The van der Waals surface area contributed by atoms with Gasteiger partial charge in [0.15, 0.2) is 0 Å². The summed E-state index contributed by atoms with van der Waals surface area (Å²) in [6.07, 6.45) is 6.02. The number of nitrogens with zero attached hydrogens (tertiary/aromatic N) is 3. The van der Waals surface area contributed by atoms with E-state index in [1.807, 2.05) is 0 Å². The standard InChI is InChI=1S/C21H21Cl2N3O5/c1-3-11-25-20(31-21(28)13-7-5-4-6-8-13)16(12(2)24-25)19(27)14-9-10-15(26(29)30)18(23)17(14)22/h3,9-10,13H,1,4-8,11H2,2H3. The van der Waals surface area contributed by atoms with Crippen LogP contribution in [0.25, 0.3) is 0 Å². The molecule has 0 atom stereocenters. The fourth-order valence-corrected chi connectivity index (χ4v) is 4.16. The molecule has 2 aromatic rings. The minimum Gasteiger partial charge on any atom is -0.407 e. The Kier molecular flexibility index (Phi) is 7.12. The molecule has 0 saturated heterocycles. The lowest BCUT2D eigenvalue weighted by molar-refractivity contribution is -0.384. The summed E-state index contributed by atoms with van der Waals surface area (Å²) in [4.78, 5) is 36.5. The van der Waals surface area contributed by atoms with Crippen LogP contribution in [0.15, 0.2) is 24.8 Å². The van der Waals surface area contributed by atoms with Crippen molar-refractivity contribution in [1.29, 1.82) is 0 Å². The number of ketones is 1. The van der Waals surface area contributed by atoms with Crippen LogP contribution < -0.4 is 4.74 Å². The van der Waals surface area contributed by atoms with E-state index in [2.05, 4.69) is 11.7 Å². The third kappa shape index (κ3) is 4.65. The second kappa shape index (κ2) is 9.62. The highest BCUT2D eigenvalue weighted by Crippen LogP contribution is 2.37. The Morgan fingerprint density at radius 1 is 1.29 bits per heavy atom. The molecule has 10 heteroatoms. The Bertz CT molecular complexity index is 1060. The molecule has 1 aromatic heterocycles. The Labute approximate surface area is 188 Å². The summed E-state index contributed by atoms with van der Waals surface area (Å²) >= 11 is 12.2. The minimum absolute atomic E-state index is 0.00325. The monoisotopic (exact) mass is 465 g/mol. The fraction of sp³-hybridized carbons (Fsp3) is 0.381. The molecule has 0 bridgehead atoms. The topological polar surface area (TPSA) is 104 Å². The van der Waals surface area contributed by atoms with Gasteiger partial charge in [0.25, 0.3) is 5.69 Å². The fourth-order valence-electron chi connectivity index (χ4n) is 3.68. The molecule has 8 nitrogen and oxygen atoms in total. The summed E-state index contributed by atoms with van der Waals surface area (Å²) in [6, 6.07) is 2.34. The van der Waals surface area contributed by atoms with Gasteiger partial charge in [-0.1, -0.05) is 48.5 Å². The molecule has 1 aliphatic rings. The van der Waals surface area contributed by atoms with E-state index in [9.17, 15) is 19.7 Å². The quantitative estimate of drug-likeness (QED) is 0.180. The predicted octanol–water partition coefficient (Wildman–Crippen LogP) is 5.31. The number of benzene rings is 1. The Morgan fingerprint density at radius 3 is 2.58 bits per heavy atom. The van der Waals surface area contributed by atoms with E-state index >= 15 is 0 Å². The largest absolute Gasteiger partial charge is 0.407 e. The number of nitro benzene ring substituents is 1. The minimum atomic E-state index is -0.687. The number of esters is 1. The van der Waals surface area contributed by atoms with Crippen LogP contribution in [-0.4, -0.2) is 26.5 Å². The summed E-state index contributed by atoms with van der Waals surface area (Å²) < 4.78 is 7.06. The van der Waals surface area contributed by atoms with Crippen molar-refractivity contribution >= 4 is 40.6 Å². The van der Waals surface area contributed by atoms with E-state index in [0.717, 1.165) is 38.2 Å².